The Kier molecular flexibility index (Phi) is 5.22. The van der Waals surface area contributed by atoms with Crippen molar-refractivity contribution in [3.63, 3.8) is 0 Å². The summed E-state index contributed by atoms with van der Waals surface area (Å²) >= 11 is 0. The number of nitrogens with zero attached hydrogens (tertiary/aromatic N) is 5. The van der Waals surface area contributed by atoms with E-state index in [4.69, 9.17) is 4.74 Å². The van der Waals surface area contributed by atoms with Gasteiger partial charge in [-0.3, -0.25) is 14.4 Å². The van der Waals surface area contributed by atoms with Crippen LogP contribution >= 0.6 is 0 Å². The van der Waals surface area contributed by atoms with Gasteiger partial charge in [-0.1, -0.05) is 42.5 Å². The zero-order valence-corrected chi connectivity index (χ0v) is 15.9. The molecule has 0 N–H and O–H groups in total. The van der Waals surface area contributed by atoms with E-state index in [-0.39, 0.29) is 11.3 Å². The summed E-state index contributed by atoms with van der Waals surface area (Å²) in [6.45, 7) is 8.70. The van der Waals surface area contributed by atoms with Crippen molar-refractivity contribution < 1.29 is 9.53 Å². The third kappa shape index (κ3) is 4.36. The molecule has 2 aromatic rings. The number of piperazine rings is 1. The fourth-order valence-corrected chi connectivity index (χ4v) is 3.68. The second-order valence-electron chi connectivity index (χ2n) is 7.97. The van der Waals surface area contributed by atoms with Gasteiger partial charge in [-0.05, 0) is 12.0 Å². The SMILES string of the molecule is CC1(Cn2cc(C(=O)N3CCN(CCc4ccccc4)CC3)nn2)COC1. The Labute approximate surface area is 159 Å². The molecule has 2 saturated heterocycles. The highest BCUT2D eigenvalue weighted by Crippen LogP contribution is 2.28. The maximum Gasteiger partial charge on any atom is 0.276 e. The minimum absolute atomic E-state index is 0.0148. The van der Waals surface area contributed by atoms with Gasteiger partial charge in [0.05, 0.1) is 26.0 Å². The van der Waals surface area contributed by atoms with E-state index in [0.717, 1.165) is 58.9 Å². The monoisotopic (exact) mass is 369 g/mol. The summed E-state index contributed by atoms with van der Waals surface area (Å²) < 4.78 is 7.05. The molecule has 7 nitrogen and oxygen atoms in total. The van der Waals surface area contributed by atoms with E-state index in [1.165, 1.54) is 5.56 Å². The van der Waals surface area contributed by atoms with Crippen molar-refractivity contribution in [3.05, 3.63) is 47.8 Å². The van der Waals surface area contributed by atoms with E-state index in [2.05, 4.69) is 46.4 Å². The first-order chi connectivity index (χ1) is 13.1. The zero-order chi connectivity index (χ0) is 18.7. The lowest BCUT2D eigenvalue weighted by Crippen LogP contribution is -2.49. The van der Waals surface area contributed by atoms with Gasteiger partial charge in [0.2, 0.25) is 0 Å². The van der Waals surface area contributed by atoms with Gasteiger partial charge in [0.15, 0.2) is 5.69 Å². The smallest absolute Gasteiger partial charge is 0.276 e. The summed E-state index contributed by atoms with van der Waals surface area (Å²) in [7, 11) is 0. The second kappa shape index (κ2) is 7.78. The fourth-order valence-electron chi connectivity index (χ4n) is 3.68. The third-order valence-corrected chi connectivity index (χ3v) is 5.42. The lowest BCUT2D eigenvalue weighted by molar-refractivity contribution is -0.111. The van der Waals surface area contributed by atoms with Crippen molar-refractivity contribution in [2.45, 2.75) is 19.9 Å². The van der Waals surface area contributed by atoms with Crippen molar-refractivity contribution >= 4 is 5.91 Å². The number of amides is 1. The van der Waals surface area contributed by atoms with Gasteiger partial charge in [0, 0.05) is 38.1 Å². The molecule has 3 heterocycles. The van der Waals surface area contributed by atoms with E-state index in [9.17, 15) is 4.79 Å². The molecule has 0 saturated carbocycles. The Morgan fingerprint density at radius 1 is 1.15 bits per heavy atom. The standard InChI is InChI=1S/C20H27N5O2/c1-20(15-27-16-20)14-25-13-18(21-22-25)19(26)24-11-9-23(10-12-24)8-7-17-5-3-2-4-6-17/h2-6,13H,7-12,14-16H2,1H3. The molecular formula is C20H27N5O2. The fraction of sp³-hybridized carbons (Fsp3) is 0.550. The predicted molar refractivity (Wildman–Crippen MR) is 101 cm³/mol. The molecule has 1 aromatic heterocycles. The molecule has 4 rings (SSSR count). The molecule has 0 aliphatic carbocycles. The first-order valence-electron chi connectivity index (χ1n) is 9.65. The van der Waals surface area contributed by atoms with Crippen molar-refractivity contribution in [2.75, 3.05) is 45.9 Å². The molecule has 0 bridgehead atoms. The number of hydrogen-bond donors (Lipinski definition) is 0. The largest absolute Gasteiger partial charge is 0.380 e. The van der Waals surface area contributed by atoms with Crippen LogP contribution in [0.15, 0.2) is 36.5 Å². The maximum absolute atomic E-state index is 12.7. The Morgan fingerprint density at radius 3 is 2.56 bits per heavy atom. The third-order valence-electron chi connectivity index (χ3n) is 5.42. The van der Waals surface area contributed by atoms with Crippen LogP contribution in [0.4, 0.5) is 0 Å². The highest BCUT2D eigenvalue weighted by atomic mass is 16.5. The number of benzene rings is 1. The van der Waals surface area contributed by atoms with Gasteiger partial charge in [-0.25, -0.2) is 0 Å². The van der Waals surface area contributed by atoms with E-state index in [0.29, 0.717) is 5.69 Å². The van der Waals surface area contributed by atoms with Crippen molar-refractivity contribution in [1.82, 2.24) is 24.8 Å². The molecule has 144 valence electrons. The van der Waals surface area contributed by atoms with Crippen LogP contribution in [0.1, 0.15) is 23.0 Å². The van der Waals surface area contributed by atoms with E-state index in [1.807, 2.05) is 11.0 Å². The van der Waals surface area contributed by atoms with Gasteiger partial charge in [-0.2, -0.15) is 0 Å². The summed E-state index contributed by atoms with van der Waals surface area (Å²) in [6.07, 6.45) is 2.82. The molecule has 2 aliphatic rings. The molecule has 1 amide bonds. The van der Waals surface area contributed by atoms with E-state index >= 15 is 0 Å². The molecule has 0 radical (unpaired) electrons. The quantitative estimate of drug-likeness (QED) is 0.768. The topological polar surface area (TPSA) is 63.5 Å². The molecule has 7 heteroatoms. The maximum atomic E-state index is 12.7. The average Bonchev–Trinajstić information content (AvgIpc) is 3.14. The molecule has 0 unspecified atom stereocenters. The number of ether oxygens (including phenoxy) is 1. The predicted octanol–water partition coefficient (Wildman–Crippen LogP) is 1.32. The Balaban J connectivity index is 1.25. The highest BCUT2D eigenvalue weighted by Gasteiger charge is 2.34. The van der Waals surface area contributed by atoms with Gasteiger partial charge in [0.1, 0.15) is 0 Å². The summed E-state index contributed by atoms with van der Waals surface area (Å²) in [5.41, 5.74) is 1.91. The van der Waals surface area contributed by atoms with Gasteiger partial charge < -0.3 is 9.64 Å². The minimum Gasteiger partial charge on any atom is -0.380 e. The Morgan fingerprint density at radius 2 is 1.89 bits per heavy atom. The molecule has 0 spiro atoms. The normalized spacial score (nSPS) is 19.7. The Hall–Kier alpha value is -2.25. The van der Waals surface area contributed by atoms with Crippen molar-refractivity contribution in [3.8, 4) is 0 Å². The number of rotatable bonds is 6. The van der Waals surface area contributed by atoms with Crippen LogP contribution in [-0.2, 0) is 17.7 Å². The Bertz CT molecular complexity index is 764. The van der Waals surface area contributed by atoms with Crippen LogP contribution in [0.5, 0.6) is 0 Å². The zero-order valence-electron chi connectivity index (χ0n) is 15.9. The van der Waals surface area contributed by atoms with Crippen molar-refractivity contribution in [1.29, 1.82) is 0 Å². The lowest BCUT2D eigenvalue weighted by atomic mass is 9.89. The first-order valence-corrected chi connectivity index (χ1v) is 9.65. The molecule has 2 fully saturated rings. The summed E-state index contributed by atoms with van der Waals surface area (Å²) in [6, 6.07) is 10.5. The number of carbonyl (C=O) groups is 1. The summed E-state index contributed by atoms with van der Waals surface area (Å²) in [4.78, 5) is 17.0. The molecular weight excluding hydrogens is 342 g/mol. The van der Waals surface area contributed by atoms with Gasteiger partial charge >= 0.3 is 0 Å². The van der Waals surface area contributed by atoms with Crippen LogP contribution in [-0.4, -0.2) is 76.6 Å². The summed E-state index contributed by atoms with van der Waals surface area (Å²) in [5, 5.41) is 8.23. The second-order valence-corrected chi connectivity index (χ2v) is 7.97. The summed E-state index contributed by atoms with van der Waals surface area (Å²) in [5.74, 6) is -0.0148. The van der Waals surface area contributed by atoms with E-state index in [1.54, 1.807) is 10.9 Å². The van der Waals surface area contributed by atoms with Crippen LogP contribution in [0.3, 0.4) is 0 Å². The van der Waals surface area contributed by atoms with E-state index < -0.39 is 0 Å². The lowest BCUT2D eigenvalue weighted by Gasteiger charge is -2.37. The van der Waals surface area contributed by atoms with Gasteiger partial charge in [0.25, 0.3) is 5.91 Å². The van der Waals surface area contributed by atoms with Gasteiger partial charge in [-0.15, -0.1) is 5.10 Å². The van der Waals surface area contributed by atoms with Crippen LogP contribution < -0.4 is 0 Å². The average molecular weight is 369 g/mol. The first kappa shape index (κ1) is 18.1. The minimum atomic E-state index is -0.0148. The molecule has 1 aromatic carbocycles. The molecule has 27 heavy (non-hydrogen) atoms. The van der Waals surface area contributed by atoms with Crippen LogP contribution in [0.2, 0.25) is 0 Å². The highest BCUT2D eigenvalue weighted by molar-refractivity contribution is 5.92. The van der Waals surface area contributed by atoms with Crippen LogP contribution in [0.25, 0.3) is 0 Å². The number of aromatic nitrogens is 3. The number of carbonyl (C=O) groups excluding carboxylic acids is 1. The van der Waals surface area contributed by atoms with Crippen LogP contribution in [0, 0.1) is 5.41 Å². The molecule has 2 aliphatic heterocycles. The van der Waals surface area contributed by atoms with Crippen molar-refractivity contribution in [2.24, 2.45) is 5.41 Å². The number of hydrogen-bond acceptors (Lipinski definition) is 5. The molecule has 0 atom stereocenters.